The van der Waals surface area contributed by atoms with Crippen molar-refractivity contribution in [3.8, 4) is 5.75 Å². The summed E-state index contributed by atoms with van der Waals surface area (Å²) >= 11 is 0. The van der Waals surface area contributed by atoms with Gasteiger partial charge in [0.25, 0.3) is 5.91 Å². The van der Waals surface area contributed by atoms with Crippen LogP contribution in [0.5, 0.6) is 5.75 Å². The third-order valence-electron chi connectivity index (χ3n) is 4.12. The lowest BCUT2D eigenvalue weighted by molar-refractivity contribution is 0.0741. The van der Waals surface area contributed by atoms with E-state index >= 15 is 0 Å². The highest BCUT2D eigenvalue weighted by Gasteiger charge is 2.21. The number of amides is 1. The maximum Gasteiger partial charge on any atom is 0.254 e. The zero-order chi connectivity index (χ0) is 17.0. The molecule has 2 aromatic rings. The normalized spacial score (nSPS) is 11.7. The van der Waals surface area contributed by atoms with Gasteiger partial charge in [-0.3, -0.25) is 4.79 Å². The van der Waals surface area contributed by atoms with Crippen molar-refractivity contribution in [2.45, 2.75) is 13.0 Å². The molecule has 4 heteroatoms. The Balaban J connectivity index is 2.21. The summed E-state index contributed by atoms with van der Waals surface area (Å²) in [6.45, 7) is 2.00. The Morgan fingerprint density at radius 3 is 2.17 bits per heavy atom. The van der Waals surface area contributed by atoms with Gasteiger partial charge in [0.15, 0.2) is 0 Å². The first-order valence-corrected chi connectivity index (χ1v) is 7.63. The second-order valence-electron chi connectivity index (χ2n) is 5.78. The predicted molar refractivity (Wildman–Crippen MR) is 94.3 cm³/mol. The first-order valence-electron chi connectivity index (χ1n) is 7.63. The summed E-state index contributed by atoms with van der Waals surface area (Å²) < 4.78 is 5.40. The monoisotopic (exact) mass is 312 g/mol. The molecule has 0 saturated carbocycles. The fourth-order valence-corrected chi connectivity index (χ4v) is 2.50. The van der Waals surface area contributed by atoms with Gasteiger partial charge in [0.2, 0.25) is 0 Å². The SMILES string of the molecule is COc1ccccc1[C@@H](C)N(C)C(=O)c1ccc(N(C)C)cc1. The first-order chi connectivity index (χ1) is 11.0. The summed E-state index contributed by atoms with van der Waals surface area (Å²) in [6, 6.07) is 15.3. The van der Waals surface area contributed by atoms with E-state index in [-0.39, 0.29) is 11.9 Å². The van der Waals surface area contributed by atoms with E-state index in [0.717, 1.165) is 17.0 Å². The first kappa shape index (κ1) is 16.9. The maximum absolute atomic E-state index is 12.7. The van der Waals surface area contributed by atoms with Crippen molar-refractivity contribution in [1.82, 2.24) is 4.90 Å². The largest absolute Gasteiger partial charge is 0.496 e. The molecule has 0 bridgehead atoms. The molecule has 2 rings (SSSR count). The van der Waals surface area contributed by atoms with Crippen LogP contribution in [0.3, 0.4) is 0 Å². The van der Waals surface area contributed by atoms with Crippen LogP contribution in [0.25, 0.3) is 0 Å². The molecule has 4 nitrogen and oxygen atoms in total. The van der Waals surface area contributed by atoms with Gasteiger partial charge in [-0.15, -0.1) is 0 Å². The summed E-state index contributed by atoms with van der Waals surface area (Å²) in [6.07, 6.45) is 0. The van der Waals surface area contributed by atoms with Crippen molar-refractivity contribution in [3.63, 3.8) is 0 Å². The highest BCUT2D eigenvalue weighted by Crippen LogP contribution is 2.29. The molecule has 23 heavy (non-hydrogen) atoms. The third kappa shape index (κ3) is 3.65. The van der Waals surface area contributed by atoms with Crippen LogP contribution in [0, 0.1) is 0 Å². The summed E-state index contributed by atoms with van der Waals surface area (Å²) in [5.41, 5.74) is 2.75. The smallest absolute Gasteiger partial charge is 0.254 e. The number of carbonyl (C=O) groups is 1. The molecule has 0 radical (unpaired) electrons. The molecule has 0 heterocycles. The van der Waals surface area contributed by atoms with E-state index in [1.54, 1.807) is 12.0 Å². The van der Waals surface area contributed by atoms with Gasteiger partial charge in [0.1, 0.15) is 5.75 Å². The van der Waals surface area contributed by atoms with Crippen molar-refractivity contribution < 1.29 is 9.53 Å². The van der Waals surface area contributed by atoms with Crippen molar-refractivity contribution >= 4 is 11.6 Å². The van der Waals surface area contributed by atoms with Crippen LogP contribution in [0.4, 0.5) is 5.69 Å². The van der Waals surface area contributed by atoms with Gasteiger partial charge in [-0.25, -0.2) is 0 Å². The van der Waals surface area contributed by atoms with E-state index in [9.17, 15) is 4.79 Å². The minimum absolute atomic E-state index is 0.00582. The average Bonchev–Trinajstić information content (AvgIpc) is 2.59. The number of methoxy groups -OCH3 is 1. The minimum Gasteiger partial charge on any atom is -0.496 e. The summed E-state index contributed by atoms with van der Waals surface area (Å²) in [7, 11) is 7.42. The molecule has 0 aliphatic heterocycles. The van der Waals surface area contributed by atoms with Gasteiger partial charge in [-0.05, 0) is 37.3 Å². The number of nitrogens with zero attached hydrogens (tertiary/aromatic N) is 2. The molecular formula is C19H24N2O2. The summed E-state index contributed by atoms with van der Waals surface area (Å²) in [4.78, 5) is 16.5. The van der Waals surface area contributed by atoms with Gasteiger partial charge < -0.3 is 14.5 Å². The van der Waals surface area contributed by atoms with Gasteiger partial charge in [0.05, 0.1) is 13.2 Å². The van der Waals surface area contributed by atoms with E-state index in [1.165, 1.54) is 0 Å². The second kappa shape index (κ2) is 7.18. The predicted octanol–water partition coefficient (Wildman–Crippen LogP) is 3.59. The van der Waals surface area contributed by atoms with Crippen molar-refractivity contribution in [2.24, 2.45) is 0 Å². The molecule has 1 atom stereocenters. The van der Waals surface area contributed by atoms with Crippen LogP contribution in [-0.4, -0.2) is 39.1 Å². The highest BCUT2D eigenvalue weighted by molar-refractivity contribution is 5.94. The molecule has 0 unspecified atom stereocenters. The molecule has 0 N–H and O–H groups in total. The standard InChI is InChI=1S/C19H24N2O2/c1-14(17-8-6-7-9-18(17)23-5)21(4)19(22)15-10-12-16(13-11-15)20(2)3/h6-14H,1-5H3/t14-/m1/s1. The fraction of sp³-hybridized carbons (Fsp3) is 0.316. The van der Waals surface area contributed by atoms with Crippen LogP contribution in [0.15, 0.2) is 48.5 Å². The van der Waals surface area contributed by atoms with Gasteiger partial charge in [0, 0.05) is 38.0 Å². The van der Waals surface area contributed by atoms with E-state index in [1.807, 2.05) is 81.5 Å². The number of rotatable bonds is 5. The van der Waals surface area contributed by atoms with Crippen LogP contribution in [-0.2, 0) is 0 Å². The van der Waals surface area contributed by atoms with Crippen molar-refractivity contribution in [3.05, 3.63) is 59.7 Å². The molecule has 0 aliphatic rings. The van der Waals surface area contributed by atoms with E-state index in [2.05, 4.69) is 0 Å². The van der Waals surface area contributed by atoms with Crippen LogP contribution >= 0.6 is 0 Å². The lowest BCUT2D eigenvalue weighted by Crippen LogP contribution is -2.29. The quantitative estimate of drug-likeness (QED) is 0.846. The molecule has 2 aromatic carbocycles. The van der Waals surface area contributed by atoms with Crippen molar-refractivity contribution in [2.75, 3.05) is 33.2 Å². The molecule has 122 valence electrons. The Morgan fingerprint density at radius 2 is 1.61 bits per heavy atom. The zero-order valence-corrected chi connectivity index (χ0v) is 14.4. The number of para-hydroxylation sites is 1. The Kier molecular flexibility index (Phi) is 5.27. The Morgan fingerprint density at radius 1 is 1.00 bits per heavy atom. The molecular weight excluding hydrogens is 288 g/mol. The number of anilines is 1. The Bertz CT molecular complexity index is 665. The highest BCUT2D eigenvalue weighted by atomic mass is 16.5. The maximum atomic E-state index is 12.7. The van der Waals surface area contributed by atoms with E-state index < -0.39 is 0 Å². The van der Waals surface area contributed by atoms with Crippen LogP contribution in [0.1, 0.15) is 28.9 Å². The van der Waals surface area contributed by atoms with Crippen LogP contribution < -0.4 is 9.64 Å². The molecule has 0 aliphatic carbocycles. The fourth-order valence-electron chi connectivity index (χ4n) is 2.50. The second-order valence-corrected chi connectivity index (χ2v) is 5.78. The van der Waals surface area contributed by atoms with Gasteiger partial charge in [-0.2, -0.15) is 0 Å². The van der Waals surface area contributed by atoms with Crippen LogP contribution in [0.2, 0.25) is 0 Å². The molecule has 0 aromatic heterocycles. The minimum atomic E-state index is -0.0767. The summed E-state index contributed by atoms with van der Waals surface area (Å²) in [5.74, 6) is 0.788. The number of ether oxygens (including phenoxy) is 1. The van der Waals surface area contributed by atoms with Gasteiger partial charge in [-0.1, -0.05) is 18.2 Å². The zero-order valence-electron chi connectivity index (χ0n) is 14.4. The molecule has 0 spiro atoms. The van der Waals surface area contributed by atoms with Crippen molar-refractivity contribution in [1.29, 1.82) is 0 Å². The molecule has 0 saturated heterocycles. The number of hydrogen-bond donors (Lipinski definition) is 0. The molecule has 0 fully saturated rings. The molecule has 1 amide bonds. The number of carbonyl (C=O) groups excluding carboxylic acids is 1. The third-order valence-corrected chi connectivity index (χ3v) is 4.12. The van der Waals surface area contributed by atoms with E-state index in [4.69, 9.17) is 4.74 Å². The van der Waals surface area contributed by atoms with E-state index in [0.29, 0.717) is 5.56 Å². The number of benzene rings is 2. The van der Waals surface area contributed by atoms with Gasteiger partial charge >= 0.3 is 0 Å². The summed E-state index contributed by atoms with van der Waals surface area (Å²) in [5, 5.41) is 0. The lowest BCUT2D eigenvalue weighted by Gasteiger charge is -2.27. The lowest BCUT2D eigenvalue weighted by atomic mass is 10.0. The number of hydrogen-bond acceptors (Lipinski definition) is 3. The average molecular weight is 312 g/mol. The Labute approximate surface area is 138 Å². The topological polar surface area (TPSA) is 32.8 Å². The Hall–Kier alpha value is -2.49.